The molecule has 0 aliphatic carbocycles. The predicted molar refractivity (Wildman–Crippen MR) is 92.8 cm³/mol. The Balaban J connectivity index is 2.13. The number of hydrogen-bond donors (Lipinski definition) is 0. The van der Waals surface area contributed by atoms with E-state index in [1.165, 1.54) is 13.2 Å². The van der Waals surface area contributed by atoms with Crippen LogP contribution in [0.5, 0.6) is 5.88 Å². The molecule has 0 aliphatic heterocycles. The second-order valence-corrected chi connectivity index (χ2v) is 6.27. The first-order chi connectivity index (χ1) is 11.5. The van der Waals surface area contributed by atoms with E-state index in [9.17, 15) is 9.18 Å². The number of halogens is 1. The van der Waals surface area contributed by atoms with Gasteiger partial charge in [-0.2, -0.15) is 0 Å². The molecule has 122 valence electrons. The number of benzene rings is 2. The number of pyridine rings is 1. The van der Waals surface area contributed by atoms with E-state index in [2.05, 4.69) is 4.98 Å². The Kier molecular flexibility index (Phi) is 4.06. The van der Waals surface area contributed by atoms with Crippen LogP contribution in [0.2, 0.25) is 0 Å². The maximum absolute atomic E-state index is 14.0. The summed E-state index contributed by atoms with van der Waals surface area (Å²) in [5.74, 6) is 0.137. The van der Waals surface area contributed by atoms with E-state index in [1.807, 2.05) is 44.2 Å². The Morgan fingerprint density at radius 2 is 1.92 bits per heavy atom. The molecule has 2 aromatic carbocycles. The van der Waals surface area contributed by atoms with Gasteiger partial charge in [-0.25, -0.2) is 9.37 Å². The second-order valence-electron chi connectivity index (χ2n) is 6.27. The minimum Gasteiger partial charge on any atom is -0.481 e. The molecule has 3 nitrogen and oxygen atoms in total. The molecule has 3 aromatic rings. The summed E-state index contributed by atoms with van der Waals surface area (Å²) in [5.41, 5.74) is 1.49. The maximum Gasteiger partial charge on any atom is 0.217 e. The lowest BCUT2D eigenvalue weighted by atomic mass is 9.86. The zero-order valence-corrected chi connectivity index (χ0v) is 13.8. The van der Waals surface area contributed by atoms with Gasteiger partial charge in [-0.1, -0.05) is 30.3 Å². The summed E-state index contributed by atoms with van der Waals surface area (Å²) in [7, 11) is 1.52. The molecular weight excluding hydrogens is 305 g/mol. The van der Waals surface area contributed by atoms with Crippen molar-refractivity contribution in [3.63, 3.8) is 0 Å². The van der Waals surface area contributed by atoms with E-state index < -0.39 is 5.41 Å². The van der Waals surface area contributed by atoms with Crippen molar-refractivity contribution in [3.05, 3.63) is 59.9 Å². The molecule has 0 unspecified atom stereocenters. The third kappa shape index (κ3) is 2.75. The Morgan fingerprint density at radius 3 is 2.62 bits per heavy atom. The molecule has 0 aliphatic rings. The van der Waals surface area contributed by atoms with Gasteiger partial charge in [0.1, 0.15) is 12.1 Å². The second kappa shape index (κ2) is 6.04. The van der Waals surface area contributed by atoms with Crippen LogP contribution in [0.1, 0.15) is 19.4 Å². The molecule has 24 heavy (non-hydrogen) atoms. The number of carbonyl (C=O) groups is 1. The molecule has 0 saturated heterocycles. The molecule has 0 atom stereocenters. The van der Waals surface area contributed by atoms with Crippen LogP contribution in [0.25, 0.3) is 22.0 Å². The lowest BCUT2D eigenvalue weighted by molar-refractivity contribution is -0.111. The van der Waals surface area contributed by atoms with E-state index in [4.69, 9.17) is 4.74 Å². The number of methoxy groups -OCH3 is 1. The number of carbonyl (C=O) groups excluding carboxylic acids is 1. The standard InChI is InChI=1S/C20H18FNO2/c1-20(2,12-23)16-9-10-18(22-19(16)24-3)14-8-7-13-5-4-6-17(21)15(13)11-14/h4-12H,1-3H3. The number of nitrogens with zero attached hydrogens (tertiary/aromatic N) is 1. The first-order valence-corrected chi connectivity index (χ1v) is 7.67. The fourth-order valence-corrected chi connectivity index (χ4v) is 2.70. The van der Waals surface area contributed by atoms with E-state index in [0.29, 0.717) is 17.0 Å². The third-order valence-corrected chi connectivity index (χ3v) is 4.17. The molecule has 0 N–H and O–H groups in total. The summed E-state index contributed by atoms with van der Waals surface area (Å²) in [4.78, 5) is 15.8. The van der Waals surface area contributed by atoms with E-state index in [0.717, 1.165) is 22.8 Å². The fraction of sp³-hybridized carbons (Fsp3) is 0.200. The molecular formula is C20H18FNO2. The first kappa shape index (κ1) is 16.1. The highest BCUT2D eigenvalue weighted by atomic mass is 19.1. The molecule has 0 amide bonds. The SMILES string of the molecule is COc1nc(-c2ccc3cccc(F)c3c2)ccc1C(C)(C)C=O. The van der Waals surface area contributed by atoms with Gasteiger partial charge in [0.25, 0.3) is 0 Å². The van der Waals surface area contributed by atoms with Gasteiger partial charge in [0.05, 0.1) is 18.2 Å². The van der Waals surface area contributed by atoms with Crippen LogP contribution in [0.4, 0.5) is 4.39 Å². The largest absolute Gasteiger partial charge is 0.481 e. The van der Waals surface area contributed by atoms with Crippen LogP contribution in [-0.4, -0.2) is 18.4 Å². The van der Waals surface area contributed by atoms with Gasteiger partial charge >= 0.3 is 0 Å². The fourth-order valence-electron chi connectivity index (χ4n) is 2.70. The molecule has 4 heteroatoms. The molecule has 0 radical (unpaired) electrons. The smallest absolute Gasteiger partial charge is 0.217 e. The highest BCUT2D eigenvalue weighted by molar-refractivity contribution is 5.87. The van der Waals surface area contributed by atoms with Crippen LogP contribution in [0.3, 0.4) is 0 Å². The Hall–Kier alpha value is -2.75. The van der Waals surface area contributed by atoms with Crippen LogP contribution < -0.4 is 4.74 Å². The van der Waals surface area contributed by atoms with Gasteiger partial charge in [0.2, 0.25) is 5.88 Å². The van der Waals surface area contributed by atoms with E-state index in [1.54, 1.807) is 12.1 Å². The van der Waals surface area contributed by atoms with Crippen molar-refractivity contribution in [2.24, 2.45) is 0 Å². The third-order valence-electron chi connectivity index (χ3n) is 4.17. The normalized spacial score (nSPS) is 11.5. The average Bonchev–Trinajstić information content (AvgIpc) is 2.61. The van der Waals surface area contributed by atoms with Gasteiger partial charge in [0, 0.05) is 16.5 Å². The van der Waals surface area contributed by atoms with E-state index >= 15 is 0 Å². The Morgan fingerprint density at radius 1 is 1.12 bits per heavy atom. The van der Waals surface area contributed by atoms with Crippen LogP contribution in [0, 0.1) is 5.82 Å². The quantitative estimate of drug-likeness (QED) is 0.662. The molecule has 0 bridgehead atoms. The number of aldehydes is 1. The molecule has 3 rings (SSSR count). The number of rotatable bonds is 4. The Labute approximate surface area is 140 Å². The van der Waals surface area contributed by atoms with Gasteiger partial charge in [-0.15, -0.1) is 0 Å². The summed E-state index contributed by atoms with van der Waals surface area (Å²) < 4.78 is 19.4. The van der Waals surface area contributed by atoms with Crippen molar-refractivity contribution in [2.45, 2.75) is 19.3 Å². The highest BCUT2D eigenvalue weighted by Gasteiger charge is 2.25. The van der Waals surface area contributed by atoms with E-state index in [-0.39, 0.29) is 5.82 Å². The van der Waals surface area contributed by atoms with Gasteiger partial charge in [-0.05, 0) is 37.4 Å². The first-order valence-electron chi connectivity index (χ1n) is 7.67. The molecule has 1 heterocycles. The number of ether oxygens (including phenoxy) is 1. The zero-order valence-electron chi connectivity index (χ0n) is 13.8. The molecule has 0 spiro atoms. The lowest BCUT2D eigenvalue weighted by Crippen LogP contribution is -2.20. The van der Waals surface area contributed by atoms with Gasteiger partial charge in [-0.3, -0.25) is 0 Å². The summed E-state index contributed by atoms with van der Waals surface area (Å²) in [6, 6.07) is 14.2. The van der Waals surface area contributed by atoms with Crippen molar-refractivity contribution in [3.8, 4) is 17.1 Å². The summed E-state index contributed by atoms with van der Waals surface area (Å²) in [5, 5.41) is 1.39. The van der Waals surface area contributed by atoms with Crippen LogP contribution in [0.15, 0.2) is 48.5 Å². The minimum absolute atomic E-state index is 0.264. The molecule has 1 aromatic heterocycles. The molecule has 0 saturated carbocycles. The zero-order chi connectivity index (χ0) is 17.3. The van der Waals surface area contributed by atoms with Crippen molar-refractivity contribution in [2.75, 3.05) is 7.11 Å². The van der Waals surface area contributed by atoms with Gasteiger partial charge < -0.3 is 9.53 Å². The van der Waals surface area contributed by atoms with Crippen molar-refractivity contribution in [1.29, 1.82) is 0 Å². The summed E-state index contributed by atoms with van der Waals surface area (Å²) >= 11 is 0. The van der Waals surface area contributed by atoms with Crippen molar-refractivity contribution < 1.29 is 13.9 Å². The maximum atomic E-state index is 14.0. The topological polar surface area (TPSA) is 39.2 Å². The lowest BCUT2D eigenvalue weighted by Gasteiger charge is -2.20. The number of aromatic nitrogens is 1. The highest BCUT2D eigenvalue weighted by Crippen LogP contribution is 2.32. The predicted octanol–water partition coefficient (Wildman–Crippen LogP) is 4.53. The summed E-state index contributed by atoms with van der Waals surface area (Å²) in [6.07, 6.45) is 0.873. The molecule has 0 fully saturated rings. The average molecular weight is 323 g/mol. The minimum atomic E-state index is -0.688. The summed E-state index contributed by atoms with van der Waals surface area (Å²) in [6.45, 7) is 3.62. The van der Waals surface area contributed by atoms with Crippen LogP contribution in [-0.2, 0) is 10.2 Å². The number of hydrogen-bond acceptors (Lipinski definition) is 3. The van der Waals surface area contributed by atoms with Crippen molar-refractivity contribution >= 4 is 17.1 Å². The van der Waals surface area contributed by atoms with Crippen LogP contribution >= 0.6 is 0 Å². The van der Waals surface area contributed by atoms with Gasteiger partial charge in [0.15, 0.2) is 0 Å². The monoisotopic (exact) mass is 323 g/mol. The number of fused-ring (bicyclic) bond motifs is 1. The Bertz CT molecular complexity index is 919. The van der Waals surface area contributed by atoms with Crippen molar-refractivity contribution in [1.82, 2.24) is 4.98 Å².